The third-order valence-corrected chi connectivity index (χ3v) is 4.00. The number of ether oxygens (including phenoxy) is 1. The van der Waals surface area contributed by atoms with Crippen LogP contribution in [0.25, 0.3) is 6.08 Å². The average Bonchev–Trinajstić information content (AvgIpc) is 2.86. The molecule has 0 bridgehead atoms. The lowest BCUT2D eigenvalue weighted by Crippen LogP contribution is -2.25. The maximum absolute atomic E-state index is 12.3. The highest BCUT2D eigenvalue weighted by Gasteiger charge is 2.17. The summed E-state index contributed by atoms with van der Waals surface area (Å²) in [6, 6.07) is 8.75. The quantitative estimate of drug-likeness (QED) is 0.695. The van der Waals surface area contributed by atoms with E-state index >= 15 is 0 Å². The van der Waals surface area contributed by atoms with Gasteiger partial charge in [0.15, 0.2) is 12.4 Å². The maximum Gasteiger partial charge on any atom is 0.262 e. The van der Waals surface area contributed by atoms with Crippen molar-refractivity contribution in [3.63, 3.8) is 0 Å². The van der Waals surface area contributed by atoms with E-state index in [1.807, 2.05) is 6.92 Å². The van der Waals surface area contributed by atoms with Crippen LogP contribution in [0.3, 0.4) is 0 Å². The van der Waals surface area contributed by atoms with Crippen LogP contribution in [0.4, 0.5) is 5.69 Å². The molecule has 1 aromatic carbocycles. The van der Waals surface area contributed by atoms with Crippen molar-refractivity contribution in [1.82, 2.24) is 4.57 Å². The first-order valence-electron chi connectivity index (χ1n) is 7.35. The van der Waals surface area contributed by atoms with Crippen LogP contribution >= 0.6 is 0 Å². The number of ketones is 1. The molecule has 24 heavy (non-hydrogen) atoms. The van der Waals surface area contributed by atoms with Crippen LogP contribution in [0.15, 0.2) is 30.3 Å². The van der Waals surface area contributed by atoms with Crippen LogP contribution in [0.5, 0.6) is 5.75 Å². The van der Waals surface area contributed by atoms with Crippen LogP contribution in [-0.4, -0.2) is 22.9 Å². The van der Waals surface area contributed by atoms with Crippen LogP contribution in [0, 0.1) is 18.3 Å². The number of carbonyl (C=O) groups is 2. The number of amides is 1. The minimum Gasteiger partial charge on any atom is -0.482 e. The highest BCUT2D eigenvalue weighted by atomic mass is 16.5. The number of fused-ring (bicyclic) bond motifs is 1. The first-order chi connectivity index (χ1) is 11.5. The van der Waals surface area contributed by atoms with Gasteiger partial charge >= 0.3 is 0 Å². The topological polar surface area (TPSA) is 84.1 Å². The fourth-order valence-electron chi connectivity index (χ4n) is 2.50. The largest absolute Gasteiger partial charge is 0.482 e. The lowest BCUT2D eigenvalue weighted by atomic mass is 10.1. The monoisotopic (exact) mass is 321 g/mol. The molecule has 0 radical (unpaired) electrons. The predicted octanol–water partition coefficient (Wildman–Crippen LogP) is 2.43. The van der Waals surface area contributed by atoms with Gasteiger partial charge in [-0.05, 0) is 48.9 Å². The summed E-state index contributed by atoms with van der Waals surface area (Å²) in [5, 5.41) is 11.7. The van der Waals surface area contributed by atoms with E-state index in [9.17, 15) is 9.59 Å². The molecular formula is C18H15N3O3. The van der Waals surface area contributed by atoms with Crippen molar-refractivity contribution in [2.75, 3.05) is 11.9 Å². The van der Waals surface area contributed by atoms with Crippen molar-refractivity contribution < 1.29 is 14.3 Å². The van der Waals surface area contributed by atoms with Crippen molar-refractivity contribution in [2.45, 2.75) is 6.92 Å². The van der Waals surface area contributed by atoms with Gasteiger partial charge in [-0.15, -0.1) is 0 Å². The molecule has 1 amide bonds. The standard InChI is InChI=1S/C18H15N3O3/c1-11-12(7-14(9-19)21(11)2)3-5-16(22)13-4-6-17-15(8-13)20-18(23)10-24-17/h3-8H,10H2,1-2H3,(H,20,23)/b5-3+. The molecule has 6 heteroatoms. The summed E-state index contributed by atoms with van der Waals surface area (Å²) in [4.78, 5) is 23.7. The van der Waals surface area contributed by atoms with E-state index in [1.165, 1.54) is 6.08 Å². The summed E-state index contributed by atoms with van der Waals surface area (Å²) < 4.78 is 7.04. The molecule has 0 saturated carbocycles. The SMILES string of the molecule is Cc1c(/C=C/C(=O)c2ccc3c(c2)NC(=O)CO3)cc(C#N)n1C. The fraction of sp³-hybridized carbons (Fsp3) is 0.167. The van der Waals surface area contributed by atoms with Gasteiger partial charge in [-0.2, -0.15) is 5.26 Å². The molecule has 2 heterocycles. The van der Waals surface area contributed by atoms with Gasteiger partial charge < -0.3 is 14.6 Å². The highest BCUT2D eigenvalue weighted by molar-refractivity contribution is 6.08. The second-order valence-corrected chi connectivity index (χ2v) is 5.49. The van der Waals surface area contributed by atoms with Gasteiger partial charge in [-0.25, -0.2) is 0 Å². The lowest BCUT2D eigenvalue weighted by molar-refractivity contribution is -0.118. The van der Waals surface area contributed by atoms with Crippen molar-refractivity contribution in [1.29, 1.82) is 5.26 Å². The molecule has 120 valence electrons. The fourth-order valence-corrected chi connectivity index (χ4v) is 2.50. The molecule has 0 fully saturated rings. The summed E-state index contributed by atoms with van der Waals surface area (Å²) in [7, 11) is 1.80. The number of benzene rings is 1. The smallest absolute Gasteiger partial charge is 0.262 e. The molecule has 1 aromatic heterocycles. The normalized spacial score (nSPS) is 13.1. The Hall–Kier alpha value is -3.33. The second kappa shape index (κ2) is 6.05. The summed E-state index contributed by atoms with van der Waals surface area (Å²) in [5.41, 5.74) is 3.20. The molecular weight excluding hydrogens is 306 g/mol. The molecule has 0 atom stereocenters. The predicted molar refractivity (Wildman–Crippen MR) is 88.8 cm³/mol. The zero-order chi connectivity index (χ0) is 17.3. The van der Waals surface area contributed by atoms with Gasteiger partial charge in [0.25, 0.3) is 5.91 Å². The van der Waals surface area contributed by atoms with Gasteiger partial charge in [0.2, 0.25) is 0 Å². The number of nitrogens with zero attached hydrogens (tertiary/aromatic N) is 2. The number of anilines is 1. The van der Waals surface area contributed by atoms with E-state index < -0.39 is 0 Å². The van der Waals surface area contributed by atoms with Crippen molar-refractivity contribution >= 4 is 23.5 Å². The maximum atomic E-state index is 12.3. The van der Waals surface area contributed by atoms with Crippen molar-refractivity contribution in [2.24, 2.45) is 7.05 Å². The Balaban J connectivity index is 1.84. The van der Waals surface area contributed by atoms with E-state index in [-0.39, 0.29) is 18.3 Å². The van der Waals surface area contributed by atoms with Gasteiger partial charge in [-0.3, -0.25) is 9.59 Å². The Morgan fingerprint density at radius 1 is 1.42 bits per heavy atom. The van der Waals surface area contributed by atoms with E-state index in [2.05, 4.69) is 11.4 Å². The number of carbonyl (C=O) groups excluding carboxylic acids is 2. The third-order valence-electron chi connectivity index (χ3n) is 4.00. The average molecular weight is 321 g/mol. The summed E-state index contributed by atoms with van der Waals surface area (Å²) >= 11 is 0. The zero-order valence-corrected chi connectivity index (χ0v) is 13.3. The Morgan fingerprint density at radius 2 is 2.21 bits per heavy atom. The van der Waals surface area contributed by atoms with Crippen LogP contribution in [0.2, 0.25) is 0 Å². The summed E-state index contributed by atoms with van der Waals surface area (Å²) in [6.07, 6.45) is 3.14. The van der Waals surface area contributed by atoms with E-state index in [4.69, 9.17) is 10.00 Å². The summed E-state index contributed by atoms with van der Waals surface area (Å²) in [5.74, 6) is 0.110. The third kappa shape index (κ3) is 2.79. The minimum atomic E-state index is -0.244. The van der Waals surface area contributed by atoms with Crippen molar-refractivity contribution in [3.05, 3.63) is 52.9 Å². The van der Waals surface area contributed by atoms with Crippen LogP contribution in [-0.2, 0) is 11.8 Å². The Morgan fingerprint density at radius 3 is 2.92 bits per heavy atom. The Bertz CT molecular complexity index is 916. The molecule has 0 unspecified atom stereocenters. The molecule has 2 aromatic rings. The number of allylic oxidation sites excluding steroid dienone is 1. The van der Waals surface area contributed by atoms with E-state index in [0.29, 0.717) is 22.7 Å². The first kappa shape index (κ1) is 15.6. The van der Waals surface area contributed by atoms with Gasteiger partial charge in [0.05, 0.1) is 5.69 Å². The number of nitriles is 1. The van der Waals surface area contributed by atoms with Crippen LogP contribution < -0.4 is 10.1 Å². The number of nitrogens with one attached hydrogen (secondary N) is 1. The van der Waals surface area contributed by atoms with Gasteiger partial charge in [0.1, 0.15) is 17.5 Å². The van der Waals surface area contributed by atoms with E-state index in [1.54, 1.807) is 42.0 Å². The molecule has 1 aliphatic rings. The number of aromatic nitrogens is 1. The zero-order valence-electron chi connectivity index (χ0n) is 13.3. The number of hydrogen-bond acceptors (Lipinski definition) is 4. The second-order valence-electron chi connectivity index (χ2n) is 5.49. The summed E-state index contributed by atoms with van der Waals surface area (Å²) in [6.45, 7) is 1.87. The first-order valence-corrected chi connectivity index (χ1v) is 7.35. The molecule has 0 spiro atoms. The highest BCUT2D eigenvalue weighted by Crippen LogP contribution is 2.28. The molecule has 0 aliphatic carbocycles. The van der Waals surface area contributed by atoms with Crippen molar-refractivity contribution in [3.8, 4) is 11.8 Å². The van der Waals surface area contributed by atoms with Gasteiger partial charge in [-0.1, -0.05) is 0 Å². The number of rotatable bonds is 3. The lowest BCUT2D eigenvalue weighted by Gasteiger charge is -2.17. The molecule has 1 N–H and O–H groups in total. The molecule has 0 saturated heterocycles. The number of hydrogen-bond donors (Lipinski definition) is 1. The Labute approximate surface area is 139 Å². The minimum absolute atomic E-state index is 0.0191. The van der Waals surface area contributed by atoms with E-state index in [0.717, 1.165) is 11.3 Å². The molecule has 6 nitrogen and oxygen atoms in total. The van der Waals surface area contributed by atoms with Gasteiger partial charge in [0, 0.05) is 18.3 Å². The Kier molecular flexibility index (Phi) is 3.92. The molecule has 1 aliphatic heterocycles. The molecule has 3 rings (SSSR count). The van der Waals surface area contributed by atoms with Crippen LogP contribution in [0.1, 0.15) is 27.3 Å².